The average molecular weight is 217 g/mol. The van der Waals surface area contributed by atoms with E-state index < -0.39 is 0 Å². The molecule has 0 aliphatic heterocycles. The number of hydrogen-bond donors (Lipinski definition) is 0. The van der Waals surface area contributed by atoms with Crippen molar-refractivity contribution in [3.63, 3.8) is 0 Å². The van der Waals surface area contributed by atoms with Gasteiger partial charge in [0, 0.05) is 5.33 Å². The van der Waals surface area contributed by atoms with Crippen LogP contribution in [0.1, 0.15) is 6.42 Å². The van der Waals surface area contributed by atoms with Crippen molar-refractivity contribution in [3.8, 4) is 0 Å². The van der Waals surface area contributed by atoms with Crippen molar-refractivity contribution >= 4 is 15.9 Å². The Labute approximate surface area is 74.6 Å². The van der Waals surface area contributed by atoms with Gasteiger partial charge in [0.05, 0.1) is 0 Å². The number of rotatable bonds is 2. The highest BCUT2D eigenvalue weighted by molar-refractivity contribution is 9.09. The van der Waals surface area contributed by atoms with Gasteiger partial charge in [-0.2, -0.15) is 0 Å². The molecule has 1 aliphatic carbocycles. The van der Waals surface area contributed by atoms with Gasteiger partial charge in [0.15, 0.2) is 0 Å². The Bertz CT molecular complexity index is 204. The van der Waals surface area contributed by atoms with Crippen molar-refractivity contribution in [1.82, 2.24) is 0 Å². The van der Waals surface area contributed by atoms with Crippen molar-refractivity contribution in [2.24, 2.45) is 5.92 Å². The highest BCUT2D eigenvalue weighted by Crippen LogP contribution is 2.17. The van der Waals surface area contributed by atoms with Gasteiger partial charge in [-0.25, -0.2) is 4.39 Å². The highest BCUT2D eigenvalue weighted by atomic mass is 79.9. The summed E-state index contributed by atoms with van der Waals surface area (Å²) < 4.78 is 12.4. The van der Waals surface area contributed by atoms with E-state index in [1.54, 1.807) is 6.08 Å². The minimum atomic E-state index is -0.117. The maximum atomic E-state index is 12.4. The fourth-order valence-electron chi connectivity index (χ4n) is 0.980. The monoisotopic (exact) mass is 216 g/mol. The molecule has 2 heteroatoms. The van der Waals surface area contributed by atoms with Gasteiger partial charge in [-0.3, -0.25) is 0 Å². The van der Waals surface area contributed by atoms with E-state index in [1.807, 2.05) is 12.2 Å². The average Bonchev–Trinajstić information content (AvgIpc) is 2.04. The Morgan fingerprint density at radius 2 is 2.55 bits per heavy atom. The minimum Gasteiger partial charge on any atom is -0.207 e. The molecule has 60 valence electrons. The second kappa shape index (κ2) is 4.50. The lowest BCUT2D eigenvalue weighted by Gasteiger charge is -2.07. The molecule has 1 aliphatic rings. The van der Waals surface area contributed by atoms with Crippen LogP contribution in [0, 0.1) is 5.92 Å². The molecule has 0 saturated heterocycles. The van der Waals surface area contributed by atoms with Crippen molar-refractivity contribution in [2.75, 3.05) is 5.33 Å². The van der Waals surface area contributed by atoms with Gasteiger partial charge in [-0.15, -0.1) is 0 Å². The van der Waals surface area contributed by atoms with E-state index in [2.05, 4.69) is 22.0 Å². The molecule has 0 nitrogen and oxygen atoms in total. The van der Waals surface area contributed by atoms with Crippen molar-refractivity contribution in [3.05, 3.63) is 36.2 Å². The third-order valence-electron chi connectivity index (χ3n) is 1.56. The predicted molar refractivity (Wildman–Crippen MR) is 49.4 cm³/mol. The third-order valence-corrected chi connectivity index (χ3v) is 1.93. The Morgan fingerprint density at radius 1 is 1.73 bits per heavy atom. The zero-order valence-electron chi connectivity index (χ0n) is 6.13. The molecule has 0 heterocycles. The van der Waals surface area contributed by atoms with Crippen LogP contribution in [0.2, 0.25) is 0 Å². The molecule has 1 atom stereocenters. The molecular weight excluding hydrogens is 207 g/mol. The molecule has 0 aromatic carbocycles. The van der Waals surface area contributed by atoms with E-state index in [-0.39, 0.29) is 5.83 Å². The maximum Gasteiger partial charge on any atom is 0.118 e. The molecule has 0 amide bonds. The molecule has 0 aromatic rings. The SMILES string of the molecule is FC1=CCC(/C=C/CBr)C=C1. The van der Waals surface area contributed by atoms with Crippen LogP contribution in [-0.4, -0.2) is 5.33 Å². The maximum absolute atomic E-state index is 12.4. The van der Waals surface area contributed by atoms with Crippen LogP contribution in [-0.2, 0) is 0 Å². The van der Waals surface area contributed by atoms with Gasteiger partial charge in [-0.1, -0.05) is 34.2 Å². The second-order valence-electron chi connectivity index (χ2n) is 2.43. The van der Waals surface area contributed by atoms with Crippen LogP contribution in [0.4, 0.5) is 4.39 Å². The van der Waals surface area contributed by atoms with Gasteiger partial charge in [0.2, 0.25) is 0 Å². The van der Waals surface area contributed by atoms with E-state index >= 15 is 0 Å². The van der Waals surface area contributed by atoms with Gasteiger partial charge >= 0.3 is 0 Å². The molecule has 1 unspecified atom stereocenters. The number of allylic oxidation sites excluding steroid dienone is 6. The Morgan fingerprint density at radius 3 is 3.09 bits per heavy atom. The number of halogens is 2. The Kier molecular flexibility index (Phi) is 3.57. The van der Waals surface area contributed by atoms with Crippen LogP contribution in [0.5, 0.6) is 0 Å². The first kappa shape index (κ1) is 8.72. The van der Waals surface area contributed by atoms with Crippen LogP contribution in [0.25, 0.3) is 0 Å². The molecule has 0 saturated carbocycles. The molecule has 11 heavy (non-hydrogen) atoms. The summed E-state index contributed by atoms with van der Waals surface area (Å²) >= 11 is 3.29. The lowest BCUT2D eigenvalue weighted by Crippen LogP contribution is -1.93. The number of hydrogen-bond acceptors (Lipinski definition) is 0. The summed E-state index contributed by atoms with van der Waals surface area (Å²) in [5.41, 5.74) is 0. The molecule has 0 N–H and O–H groups in total. The normalized spacial score (nSPS) is 24.2. The Balaban J connectivity index is 2.43. The Hall–Kier alpha value is -0.370. The second-order valence-corrected chi connectivity index (χ2v) is 3.08. The van der Waals surface area contributed by atoms with Gasteiger partial charge < -0.3 is 0 Å². The standard InChI is InChI=1S/C9H10BrF/c10-7-1-2-8-3-5-9(11)6-4-8/h1-3,5-6,8H,4,7H2/b2-1+. The molecule has 0 fully saturated rings. The van der Waals surface area contributed by atoms with Crippen molar-refractivity contribution in [2.45, 2.75) is 6.42 Å². The topological polar surface area (TPSA) is 0 Å². The first-order valence-electron chi connectivity index (χ1n) is 3.59. The molecule has 0 radical (unpaired) electrons. The highest BCUT2D eigenvalue weighted by Gasteiger charge is 2.03. The first-order chi connectivity index (χ1) is 5.33. The lowest BCUT2D eigenvalue weighted by molar-refractivity contribution is 0.638. The van der Waals surface area contributed by atoms with Crippen LogP contribution in [0.15, 0.2) is 36.2 Å². The van der Waals surface area contributed by atoms with Crippen LogP contribution >= 0.6 is 15.9 Å². The number of alkyl halides is 1. The van der Waals surface area contributed by atoms with E-state index in [1.165, 1.54) is 6.08 Å². The summed E-state index contributed by atoms with van der Waals surface area (Å²) in [6.07, 6.45) is 9.91. The van der Waals surface area contributed by atoms with E-state index in [0.717, 1.165) is 11.8 Å². The fraction of sp³-hybridized carbons (Fsp3) is 0.333. The quantitative estimate of drug-likeness (QED) is 0.491. The zero-order valence-corrected chi connectivity index (χ0v) is 7.72. The van der Waals surface area contributed by atoms with Crippen molar-refractivity contribution < 1.29 is 4.39 Å². The van der Waals surface area contributed by atoms with Gasteiger partial charge in [-0.05, 0) is 24.5 Å². The summed E-state index contributed by atoms with van der Waals surface area (Å²) in [5, 5.41) is 0.865. The minimum absolute atomic E-state index is 0.117. The van der Waals surface area contributed by atoms with E-state index in [4.69, 9.17) is 0 Å². The van der Waals surface area contributed by atoms with Crippen molar-refractivity contribution in [1.29, 1.82) is 0 Å². The summed E-state index contributed by atoms with van der Waals surface area (Å²) in [7, 11) is 0. The smallest absolute Gasteiger partial charge is 0.118 e. The molecule has 1 rings (SSSR count). The first-order valence-corrected chi connectivity index (χ1v) is 4.71. The zero-order chi connectivity index (χ0) is 8.10. The van der Waals surface area contributed by atoms with Crippen LogP contribution < -0.4 is 0 Å². The lowest BCUT2D eigenvalue weighted by atomic mass is 10.0. The summed E-state index contributed by atoms with van der Waals surface area (Å²) in [5.74, 6) is 0.264. The largest absolute Gasteiger partial charge is 0.207 e. The third kappa shape index (κ3) is 3.02. The van der Waals surface area contributed by atoms with Gasteiger partial charge in [0.25, 0.3) is 0 Å². The summed E-state index contributed by atoms with van der Waals surface area (Å²) in [6.45, 7) is 0. The van der Waals surface area contributed by atoms with E-state index in [0.29, 0.717) is 5.92 Å². The predicted octanol–water partition coefficient (Wildman–Crippen LogP) is 3.37. The summed E-state index contributed by atoms with van der Waals surface area (Å²) in [6, 6.07) is 0. The molecule has 0 bridgehead atoms. The van der Waals surface area contributed by atoms with Gasteiger partial charge in [0.1, 0.15) is 5.83 Å². The summed E-state index contributed by atoms with van der Waals surface area (Å²) in [4.78, 5) is 0. The molecule has 0 aromatic heterocycles. The fourth-order valence-corrected chi connectivity index (χ4v) is 1.20. The molecule has 0 spiro atoms. The van der Waals surface area contributed by atoms with E-state index in [9.17, 15) is 4.39 Å². The van der Waals surface area contributed by atoms with Crippen LogP contribution in [0.3, 0.4) is 0 Å². The molecular formula is C9H10BrF.